The van der Waals surface area contributed by atoms with Crippen LogP contribution in [0.15, 0.2) is 24.3 Å². The number of anilines is 1. The summed E-state index contributed by atoms with van der Waals surface area (Å²) < 4.78 is 6.12. The molecule has 4 saturated carbocycles. The molecule has 1 heterocycles. The van der Waals surface area contributed by atoms with Crippen LogP contribution in [0.5, 0.6) is 0 Å². The molecule has 4 aliphatic carbocycles. The molecule has 142 valence electrons. The molecular weight excluding hydrogens is 358 g/mol. The van der Waals surface area contributed by atoms with Gasteiger partial charge in [0.05, 0.1) is 12.0 Å². The Labute approximate surface area is 163 Å². The number of carbonyl (C=O) groups is 2. The van der Waals surface area contributed by atoms with Gasteiger partial charge in [0, 0.05) is 10.4 Å². The van der Waals surface area contributed by atoms with Gasteiger partial charge in [-0.25, -0.2) is 4.79 Å². The minimum atomic E-state index is -0.280. The highest BCUT2D eigenvalue weighted by atomic mass is 32.1. The number of hydrogen-bond donors (Lipinski definition) is 1. The third-order valence-electron chi connectivity index (χ3n) is 6.77. The topological polar surface area (TPSA) is 55.4 Å². The summed E-state index contributed by atoms with van der Waals surface area (Å²) in [4.78, 5) is 25.8. The minimum Gasteiger partial charge on any atom is -0.462 e. The Kier molecular flexibility index (Phi) is 4.04. The molecule has 4 fully saturated rings. The molecule has 4 bridgehead atoms. The number of hydrogen-bond acceptors (Lipinski definition) is 4. The molecule has 0 saturated heterocycles. The fourth-order valence-corrected chi connectivity index (χ4v) is 7.01. The Balaban J connectivity index is 1.36. The molecule has 4 aliphatic rings. The smallest absolute Gasteiger partial charge is 0.348 e. The van der Waals surface area contributed by atoms with E-state index in [-0.39, 0.29) is 17.3 Å². The Bertz CT molecular complexity index is 880. The molecule has 6 rings (SSSR count). The van der Waals surface area contributed by atoms with Gasteiger partial charge in [-0.2, -0.15) is 0 Å². The van der Waals surface area contributed by atoms with Crippen molar-refractivity contribution in [2.75, 3.05) is 11.9 Å². The lowest BCUT2D eigenvalue weighted by Gasteiger charge is -2.55. The van der Waals surface area contributed by atoms with Gasteiger partial charge in [-0.3, -0.25) is 4.79 Å². The molecule has 1 N–H and O–H groups in total. The zero-order chi connectivity index (χ0) is 18.6. The summed E-state index contributed by atoms with van der Waals surface area (Å²) in [6, 6.07) is 7.77. The van der Waals surface area contributed by atoms with Gasteiger partial charge < -0.3 is 10.1 Å². The third-order valence-corrected chi connectivity index (χ3v) is 7.87. The van der Waals surface area contributed by atoms with Crippen molar-refractivity contribution in [3.63, 3.8) is 0 Å². The van der Waals surface area contributed by atoms with Crippen LogP contribution < -0.4 is 5.32 Å². The Morgan fingerprint density at radius 1 is 1.11 bits per heavy atom. The molecule has 0 unspecified atom stereocenters. The largest absolute Gasteiger partial charge is 0.462 e. The summed E-state index contributed by atoms with van der Waals surface area (Å²) in [5.41, 5.74) is 0.686. The van der Waals surface area contributed by atoms with E-state index in [0.29, 0.717) is 11.5 Å². The fourth-order valence-electron chi connectivity index (χ4n) is 6.08. The van der Waals surface area contributed by atoms with Gasteiger partial charge in [-0.15, -0.1) is 11.3 Å². The van der Waals surface area contributed by atoms with Crippen molar-refractivity contribution >= 4 is 39.0 Å². The SMILES string of the molecule is CCOC(=O)c1cc2cc(NC(=O)C34CC5CC(CC(C5)C3)C4)ccc2s1. The van der Waals surface area contributed by atoms with Crippen molar-refractivity contribution in [2.24, 2.45) is 23.2 Å². The maximum Gasteiger partial charge on any atom is 0.348 e. The second-order valence-electron chi connectivity index (χ2n) is 8.74. The lowest BCUT2D eigenvalue weighted by Crippen LogP contribution is -2.51. The van der Waals surface area contributed by atoms with Crippen LogP contribution in [0.3, 0.4) is 0 Å². The number of amides is 1. The fraction of sp³-hybridized carbons (Fsp3) is 0.545. The van der Waals surface area contributed by atoms with Crippen LogP contribution in [0.4, 0.5) is 5.69 Å². The van der Waals surface area contributed by atoms with Gasteiger partial charge in [-0.05, 0) is 92.9 Å². The third kappa shape index (κ3) is 2.96. The Morgan fingerprint density at radius 3 is 2.41 bits per heavy atom. The van der Waals surface area contributed by atoms with Crippen LogP contribution in [0.25, 0.3) is 10.1 Å². The first kappa shape index (κ1) is 17.2. The van der Waals surface area contributed by atoms with E-state index in [4.69, 9.17) is 4.74 Å². The minimum absolute atomic E-state index is 0.144. The zero-order valence-electron chi connectivity index (χ0n) is 15.6. The lowest BCUT2D eigenvalue weighted by molar-refractivity contribution is -0.140. The van der Waals surface area contributed by atoms with Gasteiger partial charge in [0.2, 0.25) is 5.91 Å². The number of esters is 1. The average molecular weight is 384 g/mol. The van der Waals surface area contributed by atoms with E-state index >= 15 is 0 Å². The summed E-state index contributed by atoms with van der Waals surface area (Å²) in [5.74, 6) is 2.20. The Hall–Kier alpha value is -1.88. The van der Waals surface area contributed by atoms with E-state index in [1.165, 1.54) is 30.6 Å². The maximum absolute atomic E-state index is 13.2. The van der Waals surface area contributed by atoms with E-state index in [2.05, 4.69) is 5.32 Å². The van der Waals surface area contributed by atoms with E-state index in [1.807, 2.05) is 31.2 Å². The molecule has 0 radical (unpaired) electrons. The van der Waals surface area contributed by atoms with Gasteiger partial charge in [0.25, 0.3) is 0 Å². The first-order valence-electron chi connectivity index (χ1n) is 10.1. The number of ether oxygens (including phenoxy) is 1. The monoisotopic (exact) mass is 383 g/mol. The van der Waals surface area contributed by atoms with Crippen LogP contribution in [0, 0.1) is 23.2 Å². The van der Waals surface area contributed by atoms with Crippen molar-refractivity contribution in [2.45, 2.75) is 45.4 Å². The number of carbonyl (C=O) groups excluding carboxylic acids is 2. The second-order valence-corrected chi connectivity index (χ2v) is 9.82. The van der Waals surface area contributed by atoms with Gasteiger partial charge in [0.15, 0.2) is 0 Å². The molecule has 1 amide bonds. The molecule has 4 nitrogen and oxygen atoms in total. The van der Waals surface area contributed by atoms with Crippen LogP contribution in [0.1, 0.15) is 55.1 Å². The summed E-state index contributed by atoms with van der Waals surface area (Å²) in [6.07, 6.45) is 7.22. The summed E-state index contributed by atoms with van der Waals surface area (Å²) in [5, 5.41) is 4.18. The summed E-state index contributed by atoms with van der Waals surface area (Å²) in [6.45, 7) is 2.18. The van der Waals surface area contributed by atoms with Crippen LogP contribution in [-0.2, 0) is 9.53 Å². The quantitative estimate of drug-likeness (QED) is 0.735. The molecule has 1 aromatic carbocycles. The van der Waals surface area contributed by atoms with Crippen molar-refractivity contribution in [1.82, 2.24) is 0 Å². The molecular formula is C22H25NO3S. The van der Waals surface area contributed by atoms with Gasteiger partial charge in [-0.1, -0.05) is 0 Å². The maximum atomic E-state index is 13.2. The zero-order valence-corrected chi connectivity index (χ0v) is 16.4. The number of rotatable bonds is 4. The molecule has 1 aromatic heterocycles. The molecule has 5 heteroatoms. The van der Waals surface area contributed by atoms with Gasteiger partial charge >= 0.3 is 5.97 Å². The van der Waals surface area contributed by atoms with Crippen molar-refractivity contribution < 1.29 is 14.3 Å². The molecule has 0 atom stereocenters. The normalized spacial score (nSPS) is 31.2. The standard InChI is InChI=1S/C22H25NO3S/c1-2-26-20(24)19-9-16-8-17(3-4-18(16)27-19)23-21(25)22-10-13-5-14(11-22)7-15(6-13)12-22/h3-4,8-9,13-15H,2,5-7,10-12H2,1H3,(H,23,25). The molecule has 27 heavy (non-hydrogen) atoms. The first-order chi connectivity index (χ1) is 13.0. The first-order valence-corrected chi connectivity index (χ1v) is 10.9. The van der Waals surface area contributed by atoms with E-state index < -0.39 is 0 Å². The highest BCUT2D eigenvalue weighted by molar-refractivity contribution is 7.20. The second kappa shape index (κ2) is 6.33. The van der Waals surface area contributed by atoms with E-state index in [0.717, 1.165) is 52.8 Å². The number of fused-ring (bicyclic) bond motifs is 1. The van der Waals surface area contributed by atoms with Crippen molar-refractivity contribution in [3.05, 3.63) is 29.1 Å². The highest BCUT2D eigenvalue weighted by Crippen LogP contribution is 2.60. The van der Waals surface area contributed by atoms with E-state index in [9.17, 15) is 9.59 Å². The average Bonchev–Trinajstić information content (AvgIpc) is 3.04. The van der Waals surface area contributed by atoms with Crippen LogP contribution >= 0.6 is 11.3 Å². The van der Waals surface area contributed by atoms with Gasteiger partial charge in [0.1, 0.15) is 4.88 Å². The van der Waals surface area contributed by atoms with Crippen molar-refractivity contribution in [3.8, 4) is 0 Å². The summed E-state index contributed by atoms with van der Waals surface area (Å²) >= 11 is 1.43. The van der Waals surface area contributed by atoms with Crippen LogP contribution in [-0.4, -0.2) is 18.5 Å². The lowest BCUT2D eigenvalue weighted by atomic mass is 9.49. The highest BCUT2D eigenvalue weighted by Gasteiger charge is 2.54. The van der Waals surface area contributed by atoms with E-state index in [1.54, 1.807) is 0 Å². The Morgan fingerprint density at radius 2 is 1.78 bits per heavy atom. The summed E-state index contributed by atoms with van der Waals surface area (Å²) in [7, 11) is 0. The van der Waals surface area contributed by atoms with Crippen LogP contribution in [0.2, 0.25) is 0 Å². The predicted octanol–water partition coefficient (Wildman–Crippen LogP) is 5.23. The molecule has 2 aromatic rings. The predicted molar refractivity (Wildman–Crippen MR) is 107 cm³/mol. The number of benzene rings is 1. The number of nitrogens with one attached hydrogen (secondary N) is 1. The molecule has 0 spiro atoms. The molecule has 0 aliphatic heterocycles. The number of thiophene rings is 1. The van der Waals surface area contributed by atoms with Crippen molar-refractivity contribution in [1.29, 1.82) is 0 Å².